The van der Waals surface area contributed by atoms with Crippen LogP contribution in [0.4, 0.5) is 29.1 Å². The van der Waals surface area contributed by atoms with Crippen molar-refractivity contribution in [3.05, 3.63) is 65.5 Å². The highest BCUT2D eigenvalue weighted by atomic mass is 19.4. The Kier molecular flexibility index (Phi) is 9.27. The zero-order valence-electron chi connectivity index (χ0n) is 23.3. The number of ether oxygens (including phenoxy) is 1. The average Bonchev–Trinajstić information content (AvgIpc) is 2.93. The monoisotopic (exact) mass is 589 g/mol. The van der Waals surface area contributed by atoms with Gasteiger partial charge in [0.25, 0.3) is 0 Å². The first-order valence-electron chi connectivity index (χ1n) is 13.5. The molecule has 0 unspecified atom stereocenters. The van der Waals surface area contributed by atoms with Crippen molar-refractivity contribution >= 4 is 23.4 Å². The maximum absolute atomic E-state index is 15.4. The number of anilines is 2. The highest BCUT2D eigenvalue weighted by molar-refractivity contribution is 6.03. The number of nitrogens with one attached hydrogen (secondary N) is 1. The van der Waals surface area contributed by atoms with Crippen LogP contribution in [0, 0.1) is 17.7 Å². The molecule has 0 atom stereocenters. The molecular weight excluding hydrogens is 558 g/mol. The van der Waals surface area contributed by atoms with Crippen molar-refractivity contribution in [2.75, 3.05) is 10.2 Å². The number of amides is 1. The molecule has 4 rings (SSSR count). The van der Waals surface area contributed by atoms with Gasteiger partial charge < -0.3 is 20.1 Å². The normalized spacial score (nSPS) is 17.1. The van der Waals surface area contributed by atoms with Gasteiger partial charge in [0.15, 0.2) is 11.6 Å². The van der Waals surface area contributed by atoms with Crippen LogP contribution in [0.2, 0.25) is 0 Å². The Balaban J connectivity index is 1.66. The van der Waals surface area contributed by atoms with Crippen LogP contribution in [0.25, 0.3) is 0 Å². The zero-order valence-corrected chi connectivity index (χ0v) is 23.3. The first kappa shape index (κ1) is 30.7. The molecule has 224 valence electrons. The Morgan fingerprint density at radius 3 is 2.40 bits per heavy atom. The highest BCUT2D eigenvalue weighted by Crippen LogP contribution is 2.40. The molecule has 0 radical (unpaired) electrons. The summed E-state index contributed by atoms with van der Waals surface area (Å²) in [6.07, 6.45) is 3.40. The third-order valence-electron chi connectivity index (χ3n) is 7.12. The average molecular weight is 590 g/mol. The fourth-order valence-electron chi connectivity index (χ4n) is 4.91. The summed E-state index contributed by atoms with van der Waals surface area (Å²) in [5.41, 5.74) is -1.84. The summed E-state index contributed by atoms with van der Waals surface area (Å²) in [5.74, 6) is -4.23. The maximum Gasteiger partial charge on any atom is 0.421 e. The van der Waals surface area contributed by atoms with Crippen molar-refractivity contribution in [3.63, 3.8) is 0 Å². The zero-order chi connectivity index (χ0) is 30.6. The van der Waals surface area contributed by atoms with Crippen molar-refractivity contribution in [1.29, 1.82) is 0 Å². The third-order valence-corrected chi connectivity index (χ3v) is 7.12. The Morgan fingerprint density at radius 2 is 1.81 bits per heavy atom. The second-order valence-corrected chi connectivity index (χ2v) is 10.6. The number of carbonyl (C=O) groups is 2. The van der Waals surface area contributed by atoms with E-state index in [0.29, 0.717) is 24.6 Å². The van der Waals surface area contributed by atoms with Gasteiger partial charge in [-0.05, 0) is 57.1 Å². The second kappa shape index (κ2) is 12.7. The molecule has 2 heterocycles. The lowest BCUT2D eigenvalue weighted by Crippen LogP contribution is -2.43. The van der Waals surface area contributed by atoms with Crippen molar-refractivity contribution in [2.45, 2.75) is 65.2 Å². The standard InChI is InChI=1S/C29H31F4N5O4/c1-16(2)38(27(39)19-6-4-17(3)5-7-19)23-12-22(30)24(11-20(23)28(40)41)42-26-21(29(31,32)33)10-18(14-37-26)13-36-25-15-34-8-9-35-25/h8-12,14-17,19H,4-7,13H2,1-3H3,(H,35,36)(H,40,41)/t17-,19-. The third kappa shape index (κ3) is 7.12. The van der Waals surface area contributed by atoms with Crippen molar-refractivity contribution in [3.8, 4) is 11.6 Å². The molecule has 2 N–H and O–H groups in total. The number of carboxylic acids is 1. The number of benzene rings is 1. The number of carboxylic acid groups (broad SMARTS) is 1. The number of halogens is 4. The highest BCUT2D eigenvalue weighted by Gasteiger charge is 2.37. The lowest BCUT2D eigenvalue weighted by molar-refractivity contribution is -0.139. The number of aromatic carboxylic acids is 1. The van der Waals surface area contributed by atoms with Gasteiger partial charge in [-0.2, -0.15) is 13.2 Å². The summed E-state index contributed by atoms with van der Waals surface area (Å²) < 4.78 is 62.5. The van der Waals surface area contributed by atoms with E-state index in [1.54, 1.807) is 13.8 Å². The lowest BCUT2D eigenvalue weighted by Gasteiger charge is -2.34. The SMILES string of the molecule is CC(C)N(c1cc(F)c(Oc2ncc(CNc3cnccn3)cc2C(F)(F)F)cc1C(=O)O)C(=O)[C@H]1CC[C@H](C)CC1. The van der Waals surface area contributed by atoms with Gasteiger partial charge in [0.2, 0.25) is 11.8 Å². The van der Waals surface area contributed by atoms with Crippen LogP contribution in [0.1, 0.15) is 67.9 Å². The number of pyridine rings is 1. The molecular formula is C29H31F4N5O4. The van der Waals surface area contributed by atoms with E-state index in [0.717, 1.165) is 37.2 Å². The van der Waals surface area contributed by atoms with Crippen LogP contribution >= 0.6 is 0 Å². The molecule has 3 aromatic rings. The van der Waals surface area contributed by atoms with Gasteiger partial charge in [0.1, 0.15) is 11.4 Å². The molecule has 13 heteroatoms. The predicted octanol–water partition coefficient (Wildman–Crippen LogP) is 6.70. The Bertz CT molecular complexity index is 1430. The molecule has 1 saturated carbocycles. The minimum absolute atomic E-state index is 0.0692. The summed E-state index contributed by atoms with van der Waals surface area (Å²) in [5, 5.41) is 12.8. The minimum Gasteiger partial charge on any atom is -0.478 e. The Hall–Kier alpha value is -4.29. The Morgan fingerprint density at radius 1 is 1.10 bits per heavy atom. The molecule has 0 saturated heterocycles. The summed E-state index contributed by atoms with van der Waals surface area (Å²) in [6.45, 7) is 5.39. The van der Waals surface area contributed by atoms with Gasteiger partial charge in [-0.3, -0.25) is 9.78 Å². The minimum atomic E-state index is -4.92. The van der Waals surface area contributed by atoms with E-state index in [1.165, 1.54) is 23.5 Å². The van der Waals surface area contributed by atoms with E-state index in [4.69, 9.17) is 4.74 Å². The molecule has 1 aliphatic rings. The van der Waals surface area contributed by atoms with Crippen LogP contribution in [0.3, 0.4) is 0 Å². The van der Waals surface area contributed by atoms with Crippen LogP contribution in [0.15, 0.2) is 43.0 Å². The van der Waals surface area contributed by atoms with Gasteiger partial charge in [0.05, 0.1) is 17.4 Å². The van der Waals surface area contributed by atoms with Gasteiger partial charge in [0, 0.05) is 49.2 Å². The molecule has 9 nitrogen and oxygen atoms in total. The maximum atomic E-state index is 15.4. The molecule has 1 aliphatic carbocycles. The first-order chi connectivity index (χ1) is 19.8. The van der Waals surface area contributed by atoms with Gasteiger partial charge in [-0.1, -0.05) is 6.92 Å². The molecule has 1 aromatic carbocycles. The van der Waals surface area contributed by atoms with Crippen LogP contribution in [0.5, 0.6) is 11.6 Å². The largest absolute Gasteiger partial charge is 0.478 e. The molecule has 0 spiro atoms. The van der Waals surface area contributed by atoms with E-state index in [-0.39, 0.29) is 29.6 Å². The smallest absolute Gasteiger partial charge is 0.421 e. The number of hydrogen-bond acceptors (Lipinski definition) is 7. The molecule has 1 amide bonds. The van der Waals surface area contributed by atoms with Crippen molar-refractivity contribution < 1.29 is 37.0 Å². The molecule has 0 bridgehead atoms. The van der Waals surface area contributed by atoms with Gasteiger partial charge >= 0.3 is 12.1 Å². The topological polar surface area (TPSA) is 118 Å². The molecule has 1 fully saturated rings. The number of aromatic nitrogens is 3. The van der Waals surface area contributed by atoms with E-state index in [9.17, 15) is 27.9 Å². The van der Waals surface area contributed by atoms with E-state index in [2.05, 4.69) is 27.2 Å². The molecule has 0 aliphatic heterocycles. The van der Waals surface area contributed by atoms with E-state index >= 15 is 4.39 Å². The number of nitrogens with zero attached hydrogens (tertiary/aromatic N) is 4. The Labute approximate surface area is 240 Å². The fourth-order valence-corrected chi connectivity index (χ4v) is 4.91. The van der Waals surface area contributed by atoms with Crippen molar-refractivity contribution in [2.24, 2.45) is 11.8 Å². The second-order valence-electron chi connectivity index (χ2n) is 10.6. The fraction of sp³-hybridized carbons (Fsp3) is 0.414. The van der Waals surface area contributed by atoms with Crippen LogP contribution in [-0.4, -0.2) is 38.0 Å². The van der Waals surface area contributed by atoms with Crippen LogP contribution < -0.4 is 15.0 Å². The van der Waals surface area contributed by atoms with Gasteiger partial charge in [-0.15, -0.1) is 0 Å². The van der Waals surface area contributed by atoms with Crippen molar-refractivity contribution in [1.82, 2.24) is 15.0 Å². The summed E-state index contributed by atoms with van der Waals surface area (Å²) >= 11 is 0. The molecule has 2 aromatic heterocycles. The number of alkyl halides is 3. The first-order valence-corrected chi connectivity index (χ1v) is 13.5. The number of hydrogen-bond donors (Lipinski definition) is 2. The van der Waals surface area contributed by atoms with E-state index < -0.39 is 46.8 Å². The van der Waals surface area contributed by atoms with E-state index in [1.807, 2.05) is 0 Å². The summed E-state index contributed by atoms with van der Waals surface area (Å²) in [6, 6.07) is 1.88. The molecule has 42 heavy (non-hydrogen) atoms. The lowest BCUT2D eigenvalue weighted by atomic mass is 9.82. The van der Waals surface area contributed by atoms with Gasteiger partial charge in [-0.25, -0.2) is 19.2 Å². The summed E-state index contributed by atoms with van der Waals surface area (Å²) in [7, 11) is 0. The van der Waals surface area contributed by atoms with Crippen LogP contribution in [-0.2, 0) is 17.5 Å². The summed E-state index contributed by atoms with van der Waals surface area (Å²) in [4.78, 5) is 38.6. The number of rotatable bonds is 9. The predicted molar refractivity (Wildman–Crippen MR) is 146 cm³/mol. The quantitative estimate of drug-likeness (QED) is 0.265. The number of carbonyl (C=O) groups excluding carboxylic acids is 1.